The largest absolute Gasteiger partial charge is 0.493 e. The van der Waals surface area contributed by atoms with E-state index in [9.17, 15) is 19.5 Å². The van der Waals surface area contributed by atoms with E-state index in [1.54, 1.807) is 36.4 Å². The lowest BCUT2D eigenvalue weighted by molar-refractivity contribution is -0.135. The van der Waals surface area contributed by atoms with Crippen LogP contribution in [0.5, 0.6) is 5.75 Å². The first-order chi connectivity index (χ1) is 15.3. The third-order valence-corrected chi connectivity index (χ3v) is 4.91. The summed E-state index contributed by atoms with van der Waals surface area (Å²) in [6.45, 7) is -0.877. The third kappa shape index (κ3) is 6.36. The fraction of sp³-hybridized carbons (Fsp3) is 0.348. The molecular formula is C23H28N2O7. The first-order valence-electron chi connectivity index (χ1n) is 10.1. The Morgan fingerprint density at radius 3 is 2.06 bits per heavy atom. The van der Waals surface area contributed by atoms with E-state index < -0.39 is 36.4 Å². The number of hydrogen-bond donors (Lipinski definition) is 4. The second kappa shape index (κ2) is 11.9. The summed E-state index contributed by atoms with van der Waals surface area (Å²) in [4.78, 5) is 37.7. The summed E-state index contributed by atoms with van der Waals surface area (Å²) in [7, 11) is 2.68. The van der Waals surface area contributed by atoms with Crippen LogP contribution in [0.25, 0.3) is 11.1 Å². The van der Waals surface area contributed by atoms with Gasteiger partial charge in [-0.2, -0.15) is 0 Å². The van der Waals surface area contributed by atoms with E-state index >= 15 is 0 Å². The molecule has 2 rings (SSSR count). The van der Waals surface area contributed by atoms with E-state index in [1.807, 2.05) is 12.1 Å². The van der Waals surface area contributed by atoms with Gasteiger partial charge in [0.25, 0.3) is 5.91 Å². The normalized spacial score (nSPS) is 12.5. The van der Waals surface area contributed by atoms with E-state index in [1.165, 1.54) is 14.1 Å². The first kappa shape index (κ1) is 25.0. The standard InChI is InChI=1S/C23H28N2O7/c1-24-22(30)21(20(29)14-27)25(2)23(31)17-5-3-15(4-6-17)16-7-9-19(10-8-16)32-12-11-18(28)13-26/h3-10,18,21,26-28H,11-14H2,1-2H3,(H,24,30). The Hall–Kier alpha value is -3.27. The molecular weight excluding hydrogens is 416 g/mol. The molecule has 9 heteroatoms. The Balaban J connectivity index is 2.08. The molecule has 0 bridgehead atoms. The van der Waals surface area contributed by atoms with E-state index in [0.29, 0.717) is 17.7 Å². The summed E-state index contributed by atoms with van der Waals surface area (Å²) in [5.41, 5.74) is 2.03. The highest BCUT2D eigenvalue weighted by Gasteiger charge is 2.32. The average molecular weight is 444 g/mol. The molecule has 2 amide bonds. The summed E-state index contributed by atoms with van der Waals surface area (Å²) < 4.78 is 5.53. The van der Waals surface area contributed by atoms with Crippen LogP contribution in [0, 0.1) is 0 Å². The molecule has 2 aromatic carbocycles. The monoisotopic (exact) mass is 444 g/mol. The Morgan fingerprint density at radius 2 is 1.56 bits per heavy atom. The van der Waals surface area contributed by atoms with Crippen molar-refractivity contribution in [2.75, 3.05) is 33.9 Å². The van der Waals surface area contributed by atoms with Crippen LogP contribution in [0.15, 0.2) is 48.5 Å². The van der Waals surface area contributed by atoms with Crippen molar-refractivity contribution < 1.29 is 34.4 Å². The Morgan fingerprint density at radius 1 is 1.00 bits per heavy atom. The highest BCUT2D eigenvalue weighted by Crippen LogP contribution is 2.23. The average Bonchev–Trinajstić information content (AvgIpc) is 2.83. The summed E-state index contributed by atoms with van der Waals surface area (Å²) in [6.07, 6.45) is -0.477. The minimum absolute atomic E-state index is 0.279. The number of ether oxygens (including phenoxy) is 1. The van der Waals surface area contributed by atoms with Crippen molar-refractivity contribution in [1.29, 1.82) is 0 Å². The molecule has 0 heterocycles. The minimum atomic E-state index is -1.41. The van der Waals surface area contributed by atoms with Crippen LogP contribution in [0.1, 0.15) is 16.8 Å². The van der Waals surface area contributed by atoms with Gasteiger partial charge in [-0.15, -0.1) is 0 Å². The fourth-order valence-electron chi connectivity index (χ4n) is 3.04. The van der Waals surface area contributed by atoms with Crippen LogP contribution < -0.4 is 10.1 Å². The number of Topliss-reactive ketones (excluding diaryl/α,β-unsaturated/α-hetero) is 1. The van der Waals surface area contributed by atoms with E-state index in [0.717, 1.165) is 16.0 Å². The Labute approximate surface area is 186 Å². The highest BCUT2D eigenvalue weighted by molar-refractivity contribution is 6.10. The number of nitrogens with zero attached hydrogens (tertiary/aromatic N) is 1. The second-order valence-electron chi connectivity index (χ2n) is 7.13. The number of likely N-dealkylation sites (N-methyl/N-ethyl adjacent to an activating group) is 2. The van der Waals surface area contributed by atoms with Crippen LogP contribution in [0.3, 0.4) is 0 Å². The van der Waals surface area contributed by atoms with Crippen molar-refractivity contribution in [3.8, 4) is 16.9 Å². The molecule has 0 spiro atoms. The zero-order valence-electron chi connectivity index (χ0n) is 18.0. The highest BCUT2D eigenvalue weighted by atomic mass is 16.5. The van der Waals surface area contributed by atoms with Gasteiger partial charge in [-0.05, 0) is 35.4 Å². The van der Waals surface area contributed by atoms with Crippen LogP contribution >= 0.6 is 0 Å². The Bertz CT molecular complexity index is 897. The molecule has 2 unspecified atom stereocenters. The number of carbonyl (C=O) groups is 3. The van der Waals surface area contributed by atoms with Crippen molar-refractivity contribution in [3.63, 3.8) is 0 Å². The molecule has 0 radical (unpaired) electrons. The maximum atomic E-state index is 12.8. The minimum Gasteiger partial charge on any atom is -0.493 e. The summed E-state index contributed by atoms with van der Waals surface area (Å²) in [6, 6.07) is 12.5. The molecule has 32 heavy (non-hydrogen) atoms. The van der Waals surface area contributed by atoms with Gasteiger partial charge in [-0.25, -0.2) is 0 Å². The van der Waals surface area contributed by atoms with Crippen molar-refractivity contribution in [1.82, 2.24) is 10.2 Å². The van der Waals surface area contributed by atoms with Crippen LogP contribution in [-0.4, -0.2) is 83.9 Å². The summed E-state index contributed by atoms with van der Waals surface area (Å²) in [5.74, 6) is -1.35. The molecule has 0 aliphatic rings. The first-order valence-corrected chi connectivity index (χ1v) is 10.1. The number of hydrogen-bond acceptors (Lipinski definition) is 7. The summed E-state index contributed by atoms with van der Waals surface area (Å²) >= 11 is 0. The van der Waals surface area contributed by atoms with Gasteiger partial charge in [-0.1, -0.05) is 24.3 Å². The van der Waals surface area contributed by atoms with E-state index in [-0.39, 0.29) is 13.2 Å². The summed E-state index contributed by atoms with van der Waals surface area (Å²) in [5, 5.41) is 29.6. The van der Waals surface area contributed by atoms with Gasteiger partial charge in [0.1, 0.15) is 12.4 Å². The molecule has 0 fully saturated rings. The Kier molecular flexibility index (Phi) is 9.33. The van der Waals surface area contributed by atoms with Gasteiger partial charge < -0.3 is 30.3 Å². The molecule has 2 aromatic rings. The number of benzene rings is 2. The third-order valence-electron chi connectivity index (χ3n) is 4.91. The number of aliphatic hydroxyl groups is 3. The van der Waals surface area contributed by atoms with Gasteiger partial charge in [-0.3, -0.25) is 14.4 Å². The zero-order chi connectivity index (χ0) is 23.7. The van der Waals surface area contributed by atoms with Gasteiger partial charge in [0, 0.05) is 26.1 Å². The predicted molar refractivity (Wildman–Crippen MR) is 117 cm³/mol. The van der Waals surface area contributed by atoms with Crippen molar-refractivity contribution in [2.24, 2.45) is 0 Å². The molecule has 9 nitrogen and oxygen atoms in total. The van der Waals surface area contributed by atoms with Crippen LogP contribution in [0.2, 0.25) is 0 Å². The number of amides is 2. The molecule has 172 valence electrons. The topological polar surface area (TPSA) is 136 Å². The van der Waals surface area contributed by atoms with Crippen molar-refractivity contribution in [3.05, 3.63) is 54.1 Å². The lowest BCUT2D eigenvalue weighted by Crippen LogP contribution is -2.52. The van der Waals surface area contributed by atoms with Crippen molar-refractivity contribution in [2.45, 2.75) is 18.6 Å². The molecule has 0 aliphatic carbocycles. The van der Waals surface area contributed by atoms with E-state index in [4.69, 9.17) is 14.9 Å². The maximum absolute atomic E-state index is 12.8. The molecule has 0 aliphatic heterocycles. The maximum Gasteiger partial charge on any atom is 0.254 e. The zero-order valence-corrected chi connectivity index (χ0v) is 18.0. The van der Waals surface area contributed by atoms with Gasteiger partial charge >= 0.3 is 0 Å². The SMILES string of the molecule is CNC(=O)C(C(=O)CO)N(C)C(=O)c1ccc(-c2ccc(OCCC(O)CO)cc2)cc1. The smallest absolute Gasteiger partial charge is 0.254 e. The molecule has 0 saturated heterocycles. The molecule has 0 saturated carbocycles. The van der Waals surface area contributed by atoms with Crippen LogP contribution in [0.4, 0.5) is 0 Å². The molecule has 2 atom stereocenters. The number of aliphatic hydroxyl groups excluding tert-OH is 3. The van der Waals surface area contributed by atoms with Crippen LogP contribution in [-0.2, 0) is 9.59 Å². The second-order valence-corrected chi connectivity index (χ2v) is 7.13. The van der Waals surface area contributed by atoms with E-state index in [2.05, 4.69) is 5.32 Å². The lowest BCUT2D eigenvalue weighted by atomic mass is 10.0. The molecule has 4 N–H and O–H groups in total. The number of nitrogens with one attached hydrogen (secondary N) is 1. The van der Waals surface area contributed by atoms with Gasteiger partial charge in [0.2, 0.25) is 5.91 Å². The fourth-order valence-corrected chi connectivity index (χ4v) is 3.04. The number of rotatable bonds is 11. The predicted octanol–water partition coefficient (Wildman–Crippen LogP) is 0.224. The number of ketones is 1. The quantitative estimate of drug-likeness (QED) is 0.364. The van der Waals surface area contributed by atoms with Crippen molar-refractivity contribution >= 4 is 17.6 Å². The molecule has 0 aromatic heterocycles. The van der Waals surface area contributed by atoms with Gasteiger partial charge in [0.15, 0.2) is 11.8 Å². The van der Waals surface area contributed by atoms with Gasteiger partial charge in [0.05, 0.1) is 19.3 Å². The number of carbonyl (C=O) groups excluding carboxylic acids is 3. The lowest BCUT2D eigenvalue weighted by Gasteiger charge is -2.25.